The molecule has 0 saturated carbocycles. The van der Waals surface area contributed by atoms with Crippen molar-refractivity contribution in [2.24, 2.45) is 0 Å². The molecule has 3 saturated heterocycles. The van der Waals surface area contributed by atoms with Gasteiger partial charge >= 0.3 is 0 Å². The Morgan fingerprint density at radius 1 is 0.822 bits per heavy atom. The molecule has 7 amide bonds. The number of piperazine rings is 1. The van der Waals surface area contributed by atoms with Crippen molar-refractivity contribution in [1.29, 1.82) is 0 Å². The molecule has 380 valence electrons. The minimum atomic E-state index is -1.10. The van der Waals surface area contributed by atoms with Gasteiger partial charge in [-0.2, -0.15) is 0 Å². The number of carbonyl (C=O) groups excluding carboxylic acids is 7. The molecule has 7 heterocycles. The second-order valence-corrected chi connectivity index (χ2v) is 18.9. The first-order valence-corrected chi connectivity index (χ1v) is 25.0. The van der Waals surface area contributed by atoms with E-state index in [4.69, 9.17) is 14.5 Å². The van der Waals surface area contributed by atoms with Crippen LogP contribution in [0.2, 0.25) is 0 Å². The molecule has 0 spiro atoms. The highest BCUT2D eigenvalue weighted by Gasteiger charge is 2.45. The van der Waals surface area contributed by atoms with Crippen molar-refractivity contribution in [2.75, 3.05) is 54.9 Å². The third-order valence-corrected chi connectivity index (χ3v) is 13.6. The van der Waals surface area contributed by atoms with Crippen LogP contribution in [0.15, 0.2) is 73.2 Å². The minimum Gasteiger partial charge on any atom is -0.473 e. The highest BCUT2D eigenvalue weighted by Crippen LogP contribution is 2.36. The van der Waals surface area contributed by atoms with Crippen molar-refractivity contribution >= 4 is 58.4 Å². The zero-order chi connectivity index (χ0) is 51.0. The molecule has 0 radical (unpaired) electrons. The van der Waals surface area contributed by atoms with Crippen molar-refractivity contribution < 1.29 is 43.0 Å². The van der Waals surface area contributed by atoms with E-state index in [1.807, 2.05) is 49.2 Å². The summed E-state index contributed by atoms with van der Waals surface area (Å²) in [6.07, 6.45) is 10.7. The van der Waals surface area contributed by atoms with Crippen LogP contribution in [0.4, 0.5) is 17.1 Å². The number of rotatable bonds is 18. The molecule has 73 heavy (non-hydrogen) atoms. The lowest BCUT2D eigenvalue weighted by Crippen LogP contribution is -2.54. The molecule has 1 unspecified atom stereocenters. The third-order valence-electron chi connectivity index (χ3n) is 13.6. The van der Waals surface area contributed by atoms with Gasteiger partial charge in [-0.15, -0.1) is 5.10 Å². The predicted molar refractivity (Wildman–Crippen MR) is 268 cm³/mol. The average Bonchev–Trinajstić information content (AvgIpc) is 3.95. The Morgan fingerprint density at radius 3 is 2.42 bits per heavy atom. The van der Waals surface area contributed by atoms with Crippen LogP contribution in [-0.2, 0) is 36.9 Å². The standard InChI is InChI=1S/C53H59N11O9/c1-33-9-6-10-35(27-33)49(68)56-38-29-41(34(2)54-31-38)36-28-44(51(55-30-36)73-39-18-25-72-26-19-39)61-21-23-62(24-22-61)47(67)15-7-11-37-32-63(60-59-37)20-5-3-4-14-45(65)57-42-13-8-12-40-48(42)53(71)64(52(40)70)43-16-17-46(66)58-50(43)69/h6,8-10,12-13,27-32,39,43H,3-5,7,11,14-26H2,1-2H3,(H,56,68)(H,57,65)(H,58,66,69). The molecule has 9 rings (SSSR count). The number of aromatic nitrogens is 5. The van der Waals surface area contributed by atoms with Gasteiger partial charge in [0.1, 0.15) is 17.8 Å². The Balaban J connectivity index is 0.721. The molecule has 20 nitrogen and oxygen atoms in total. The molecule has 4 aliphatic rings. The number of carbonyl (C=O) groups is 7. The van der Waals surface area contributed by atoms with Crippen LogP contribution in [0.25, 0.3) is 11.1 Å². The average molecular weight is 994 g/mol. The molecule has 4 aliphatic heterocycles. The largest absolute Gasteiger partial charge is 0.473 e. The van der Waals surface area contributed by atoms with Crippen LogP contribution in [0.1, 0.15) is 112 Å². The van der Waals surface area contributed by atoms with Gasteiger partial charge in [0.25, 0.3) is 17.7 Å². The predicted octanol–water partition coefficient (Wildman–Crippen LogP) is 5.43. The number of hydrogen-bond acceptors (Lipinski definition) is 14. The van der Waals surface area contributed by atoms with Crippen LogP contribution >= 0.6 is 0 Å². The maximum Gasteiger partial charge on any atom is 0.264 e. The number of imide groups is 2. The number of benzene rings is 2. The normalized spacial score (nSPS) is 17.1. The number of anilines is 3. The van der Waals surface area contributed by atoms with E-state index in [1.165, 1.54) is 6.07 Å². The molecular weight excluding hydrogens is 935 g/mol. The summed E-state index contributed by atoms with van der Waals surface area (Å²) in [6.45, 7) is 8.00. The van der Waals surface area contributed by atoms with Gasteiger partial charge in [0.15, 0.2) is 0 Å². The number of nitrogens with zero attached hydrogens (tertiary/aromatic N) is 8. The molecule has 0 aliphatic carbocycles. The number of pyridine rings is 2. The fourth-order valence-electron chi connectivity index (χ4n) is 9.65. The number of fused-ring (bicyclic) bond motifs is 1. The van der Waals surface area contributed by atoms with Gasteiger partial charge in [0.2, 0.25) is 29.5 Å². The van der Waals surface area contributed by atoms with Crippen molar-refractivity contribution in [3.63, 3.8) is 0 Å². The summed E-state index contributed by atoms with van der Waals surface area (Å²) >= 11 is 0. The molecular formula is C53H59N11O9. The number of ether oxygens (including phenoxy) is 2. The van der Waals surface area contributed by atoms with E-state index in [2.05, 4.69) is 42.2 Å². The van der Waals surface area contributed by atoms with Gasteiger partial charge in [-0.05, 0) is 82.3 Å². The van der Waals surface area contributed by atoms with Gasteiger partial charge < -0.3 is 29.9 Å². The zero-order valence-corrected chi connectivity index (χ0v) is 41.1. The van der Waals surface area contributed by atoms with Crippen molar-refractivity contribution in [1.82, 2.24) is 40.1 Å². The molecule has 0 bridgehead atoms. The van der Waals surface area contributed by atoms with E-state index in [-0.39, 0.29) is 59.9 Å². The highest BCUT2D eigenvalue weighted by molar-refractivity contribution is 6.26. The first-order valence-electron chi connectivity index (χ1n) is 25.0. The van der Waals surface area contributed by atoms with Gasteiger partial charge in [0, 0.05) is 99.6 Å². The van der Waals surface area contributed by atoms with Crippen LogP contribution in [0.3, 0.4) is 0 Å². The quantitative estimate of drug-likeness (QED) is 0.0733. The van der Waals surface area contributed by atoms with Crippen molar-refractivity contribution in [3.8, 4) is 17.0 Å². The first-order chi connectivity index (χ1) is 35.4. The third kappa shape index (κ3) is 11.9. The highest BCUT2D eigenvalue weighted by atomic mass is 16.5. The Labute approximate surface area is 422 Å². The van der Waals surface area contributed by atoms with Gasteiger partial charge in [-0.1, -0.05) is 35.4 Å². The molecule has 3 fully saturated rings. The smallest absolute Gasteiger partial charge is 0.264 e. The van der Waals surface area contributed by atoms with Gasteiger partial charge in [0.05, 0.1) is 47.6 Å². The van der Waals surface area contributed by atoms with E-state index < -0.39 is 29.7 Å². The number of aryl methyl sites for hydroxylation is 4. The molecule has 1 atom stereocenters. The lowest BCUT2D eigenvalue weighted by atomic mass is 10.0. The summed E-state index contributed by atoms with van der Waals surface area (Å²) in [5.41, 5.74) is 6.55. The summed E-state index contributed by atoms with van der Waals surface area (Å²) in [7, 11) is 0. The molecule has 5 aromatic rings. The zero-order valence-electron chi connectivity index (χ0n) is 41.1. The Morgan fingerprint density at radius 2 is 1.63 bits per heavy atom. The van der Waals surface area contributed by atoms with Crippen molar-refractivity contribution in [2.45, 2.75) is 103 Å². The summed E-state index contributed by atoms with van der Waals surface area (Å²) in [5.74, 6) is -2.38. The van der Waals surface area contributed by atoms with Crippen molar-refractivity contribution in [3.05, 3.63) is 107 Å². The fourth-order valence-corrected chi connectivity index (χ4v) is 9.65. The lowest BCUT2D eigenvalue weighted by molar-refractivity contribution is -0.136. The molecule has 20 heteroatoms. The summed E-state index contributed by atoms with van der Waals surface area (Å²) in [5, 5.41) is 16.5. The molecule has 3 aromatic heterocycles. The maximum atomic E-state index is 13.5. The minimum absolute atomic E-state index is 0.0136. The Hall–Kier alpha value is -7.87. The molecule has 3 N–H and O–H groups in total. The van der Waals surface area contributed by atoms with E-state index in [0.717, 1.165) is 64.3 Å². The first kappa shape index (κ1) is 50.1. The van der Waals surface area contributed by atoms with Crippen LogP contribution in [0.5, 0.6) is 5.88 Å². The fraction of sp³-hybridized carbons (Fsp3) is 0.415. The molecule has 2 aromatic carbocycles. The number of amides is 7. The SMILES string of the molecule is Cc1cccc(C(=O)Nc2cnc(C)c(-c3cnc(OC4CCOCC4)c(N4CCN(C(=O)CCCc5cn(CCCCCC(=O)Nc6cccc7c6C(=O)N(C6CCC(=O)NC6=O)C7=O)nn5)CC4)c3)c2)c1. The van der Waals surface area contributed by atoms with Crippen LogP contribution in [-0.4, -0.2) is 128 Å². The van der Waals surface area contributed by atoms with E-state index in [1.54, 1.807) is 35.3 Å². The van der Waals surface area contributed by atoms with Crippen LogP contribution < -0.4 is 25.6 Å². The van der Waals surface area contributed by atoms with Gasteiger partial charge in [-0.25, -0.2) is 4.98 Å². The van der Waals surface area contributed by atoms with Crippen LogP contribution in [0, 0.1) is 13.8 Å². The number of hydrogen-bond donors (Lipinski definition) is 3. The summed E-state index contributed by atoms with van der Waals surface area (Å²) in [4.78, 5) is 105. The summed E-state index contributed by atoms with van der Waals surface area (Å²) < 4.78 is 13.9. The maximum absolute atomic E-state index is 13.5. The second kappa shape index (κ2) is 22.7. The second-order valence-electron chi connectivity index (χ2n) is 18.9. The topological polar surface area (TPSA) is 240 Å². The Bertz CT molecular complexity index is 2930. The monoisotopic (exact) mass is 993 g/mol. The number of nitrogens with one attached hydrogen (secondary N) is 3. The number of piperidine rings is 1. The summed E-state index contributed by atoms with van der Waals surface area (Å²) in [6, 6.07) is 14.9. The van der Waals surface area contributed by atoms with E-state index in [0.29, 0.717) is 88.8 Å². The van der Waals surface area contributed by atoms with E-state index in [9.17, 15) is 33.6 Å². The van der Waals surface area contributed by atoms with E-state index >= 15 is 0 Å². The Kier molecular flexibility index (Phi) is 15.6. The number of unbranched alkanes of at least 4 members (excludes halogenated alkanes) is 2. The van der Waals surface area contributed by atoms with Gasteiger partial charge in [-0.3, -0.25) is 53.4 Å². The lowest BCUT2D eigenvalue weighted by Gasteiger charge is -2.37.